The van der Waals surface area contributed by atoms with E-state index in [0.29, 0.717) is 29.7 Å². The molecule has 4 heteroatoms. The van der Waals surface area contributed by atoms with E-state index in [2.05, 4.69) is 4.98 Å². The molecule has 112 valence electrons. The summed E-state index contributed by atoms with van der Waals surface area (Å²) < 4.78 is 5.75. The molecule has 2 fully saturated rings. The largest absolute Gasteiger partial charge is 0.508 e. The van der Waals surface area contributed by atoms with Gasteiger partial charge in [-0.2, -0.15) is 0 Å². The second-order valence-corrected chi connectivity index (χ2v) is 6.68. The number of aromatic hydroxyl groups is 1. The number of nitrogens with zero attached hydrogens (tertiary/aromatic N) is 1. The maximum atomic E-state index is 11.2. The fourth-order valence-electron chi connectivity index (χ4n) is 4.41. The van der Waals surface area contributed by atoms with Crippen molar-refractivity contribution < 1.29 is 14.6 Å². The topological polar surface area (TPSA) is 66.5 Å². The Morgan fingerprint density at radius 2 is 1.81 bits per heavy atom. The zero-order valence-corrected chi connectivity index (χ0v) is 12.1. The zero-order chi connectivity index (χ0) is 14.4. The molecule has 2 bridgehead atoms. The van der Waals surface area contributed by atoms with Crippen molar-refractivity contribution in [3.8, 4) is 5.75 Å². The Morgan fingerprint density at radius 3 is 2.48 bits per heavy atom. The monoisotopic (exact) mass is 287 g/mol. The number of phenolic OH excluding ortho intramolecular Hbond substituents is 1. The first-order valence-corrected chi connectivity index (χ1v) is 7.96. The second-order valence-electron chi connectivity index (χ2n) is 6.68. The van der Waals surface area contributed by atoms with Crippen molar-refractivity contribution in [3.05, 3.63) is 24.1 Å². The van der Waals surface area contributed by atoms with E-state index in [1.165, 1.54) is 12.8 Å². The number of fused-ring (bicyclic) bond motifs is 3. The van der Waals surface area contributed by atoms with Crippen LogP contribution in [0.5, 0.6) is 5.75 Å². The van der Waals surface area contributed by atoms with Crippen molar-refractivity contribution in [2.24, 2.45) is 11.8 Å². The van der Waals surface area contributed by atoms with Crippen molar-refractivity contribution in [2.75, 3.05) is 0 Å². The van der Waals surface area contributed by atoms with Gasteiger partial charge in [-0.3, -0.25) is 0 Å². The molecule has 0 atom stereocenters. The number of phenols is 1. The predicted molar refractivity (Wildman–Crippen MR) is 79.0 cm³/mol. The minimum Gasteiger partial charge on any atom is -0.508 e. The van der Waals surface area contributed by atoms with E-state index in [1.807, 2.05) is 0 Å². The molecule has 0 aliphatic heterocycles. The Labute approximate surface area is 123 Å². The van der Waals surface area contributed by atoms with Crippen LogP contribution in [0.3, 0.4) is 0 Å². The van der Waals surface area contributed by atoms with E-state index < -0.39 is 5.60 Å². The van der Waals surface area contributed by atoms with E-state index in [0.717, 1.165) is 31.2 Å². The third-order valence-electron chi connectivity index (χ3n) is 5.47. The molecular weight excluding hydrogens is 266 g/mol. The van der Waals surface area contributed by atoms with Crippen LogP contribution >= 0.6 is 0 Å². The molecule has 4 nitrogen and oxygen atoms in total. The molecule has 1 aromatic carbocycles. The molecule has 2 aliphatic carbocycles. The number of hydrogen-bond donors (Lipinski definition) is 2. The first-order valence-electron chi connectivity index (χ1n) is 7.96. The lowest BCUT2D eigenvalue weighted by Gasteiger charge is -2.49. The van der Waals surface area contributed by atoms with E-state index in [9.17, 15) is 10.2 Å². The molecule has 1 heterocycles. The molecule has 0 spiro atoms. The Morgan fingerprint density at radius 1 is 1.14 bits per heavy atom. The van der Waals surface area contributed by atoms with Gasteiger partial charge in [-0.05, 0) is 49.7 Å². The summed E-state index contributed by atoms with van der Waals surface area (Å²) in [4.78, 5) is 4.48. The number of rotatable bonds is 2. The molecule has 0 radical (unpaired) electrons. The number of benzene rings is 1. The average molecular weight is 287 g/mol. The van der Waals surface area contributed by atoms with Gasteiger partial charge >= 0.3 is 0 Å². The summed E-state index contributed by atoms with van der Waals surface area (Å²) in [6.45, 7) is 0. The van der Waals surface area contributed by atoms with Crippen molar-refractivity contribution in [2.45, 2.75) is 50.5 Å². The van der Waals surface area contributed by atoms with Crippen LogP contribution in [-0.4, -0.2) is 20.8 Å². The fourth-order valence-corrected chi connectivity index (χ4v) is 4.41. The fraction of sp³-hybridized carbons (Fsp3) is 0.588. The first-order chi connectivity index (χ1) is 10.1. The van der Waals surface area contributed by atoms with Gasteiger partial charge in [0, 0.05) is 6.07 Å². The van der Waals surface area contributed by atoms with Crippen LogP contribution in [0.1, 0.15) is 44.4 Å². The molecule has 2 saturated carbocycles. The van der Waals surface area contributed by atoms with Gasteiger partial charge in [0.2, 0.25) is 0 Å². The van der Waals surface area contributed by atoms with Gasteiger partial charge in [-0.1, -0.05) is 12.8 Å². The van der Waals surface area contributed by atoms with Crippen LogP contribution in [0.25, 0.3) is 11.1 Å². The molecule has 21 heavy (non-hydrogen) atoms. The van der Waals surface area contributed by atoms with Gasteiger partial charge in [0.15, 0.2) is 11.5 Å². The predicted octanol–water partition coefficient (Wildman–Crippen LogP) is 3.41. The van der Waals surface area contributed by atoms with Crippen molar-refractivity contribution in [3.63, 3.8) is 0 Å². The van der Waals surface area contributed by atoms with E-state index >= 15 is 0 Å². The van der Waals surface area contributed by atoms with Crippen LogP contribution in [0.15, 0.2) is 22.6 Å². The number of aromatic nitrogens is 1. The van der Waals surface area contributed by atoms with Gasteiger partial charge in [-0.25, -0.2) is 4.98 Å². The summed E-state index contributed by atoms with van der Waals surface area (Å²) in [5.74, 6) is 1.54. The summed E-state index contributed by atoms with van der Waals surface area (Å²) >= 11 is 0. The summed E-state index contributed by atoms with van der Waals surface area (Å²) in [5.41, 5.74) is 0.682. The van der Waals surface area contributed by atoms with Crippen LogP contribution in [0.4, 0.5) is 0 Å². The lowest BCUT2D eigenvalue weighted by Crippen LogP contribution is -2.52. The summed E-state index contributed by atoms with van der Waals surface area (Å²) in [5, 5.41) is 20.7. The minimum atomic E-state index is -0.653. The Kier molecular flexibility index (Phi) is 2.96. The van der Waals surface area contributed by atoms with Crippen molar-refractivity contribution in [1.82, 2.24) is 4.98 Å². The third-order valence-corrected chi connectivity index (χ3v) is 5.47. The third kappa shape index (κ3) is 2.13. The molecule has 2 N–H and O–H groups in total. The van der Waals surface area contributed by atoms with Gasteiger partial charge in [0.25, 0.3) is 0 Å². The number of aliphatic hydroxyl groups is 1. The average Bonchev–Trinajstić information content (AvgIpc) is 2.78. The van der Waals surface area contributed by atoms with Crippen molar-refractivity contribution >= 4 is 11.1 Å². The second kappa shape index (κ2) is 4.73. The summed E-state index contributed by atoms with van der Waals surface area (Å²) in [6.07, 6.45) is 7.44. The Balaban J connectivity index is 1.66. The number of oxazole rings is 1. The maximum Gasteiger partial charge on any atom is 0.198 e. The van der Waals surface area contributed by atoms with Crippen LogP contribution in [-0.2, 0) is 6.42 Å². The lowest BCUT2D eigenvalue weighted by atomic mass is 9.60. The highest BCUT2D eigenvalue weighted by molar-refractivity contribution is 5.74. The SMILES string of the molecule is Oc1ccc2nc(CC3(O)C4CCCC3CCC4)oc2c1. The molecule has 1 aromatic heterocycles. The van der Waals surface area contributed by atoms with Gasteiger partial charge in [0.1, 0.15) is 11.3 Å². The van der Waals surface area contributed by atoms with Gasteiger partial charge in [-0.15, -0.1) is 0 Å². The van der Waals surface area contributed by atoms with Crippen LogP contribution in [0, 0.1) is 11.8 Å². The van der Waals surface area contributed by atoms with Gasteiger partial charge in [0.05, 0.1) is 12.0 Å². The summed E-state index contributed by atoms with van der Waals surface area (Å²) in [7, 11) is 0. The molecule has 0 saturated heterocycles. The minimum absolute atomic E-state index is 0.179. The number of hydrogen-bond acceptors (Lipinski definition) is 4. The molecular formula is C17H21NO3. The molecule has 0 amide bonds. The smallest absolute Gasteiger partial charge is 0.198 e. The van der Waals surface area contributed by atoms with Gasteiger partial charge < -0.3 is 14.6 Å². The highest BCUT2D eigenvalue weighted by Gasteiger charge is 2.48. The molecule has 2 aliphatic rings. The highest BCUT2D eigenvalue weighted by atomic mass is 16.4. The lowest BCUT2D eigenvalue weighted by molar-refractivity contribution is -0.121. The Bertz CT molecular complexity index is 641. The maximum absolute atomic E-state index is 11.2. The van der Waals surface area contributed by atoms with Crippen LogP contribution in [0.2, 0.25) is 0 Å². The van der Waals surface area contributed by atoms with Crippen LogP contribution < -0.4 is 0 Å². The normalized spacial score (nSPS) is 32.4. The van der Waals surface area contributed by atoms with E-state index in [1.54, 1.807) is 18.2 Å². The standard InChI is InChI=1S/C17H21NO3/c19-13-7-8-14-15(9-13)21-16(18-14)10-17(20)11-3-1-4-12(17)6-2-5-11/h7-9,11-12,19-20H,1-6,10H2. The molecule has 2 aromatic rings. The van der Waals surface area contributed by atoms with Crippen molar-refractivity contribution in [1.29, 1.82) is 0 Å². The molecule has 0 unspecified atom stereocenters. The highest BCUT2D eigenvalue weighted by Crippen LogP contribution is 2.48. The summed E-state index contributed by atoms with van der Waals surface area (Å²) in [6, 6.07) is 4.94. The van der Waals surface area contributed by atoms with E-state index in [-0.39, 0.29) is 5.75 Å². The first kappa shape index (κ1) is 13.1. The Hall–Kier alpha value is -1.55. The van der Waals surface area contributed by atoms with E-state index in [4.69, 9.17) is 4.42 Å². The molecule has 4 rings (SSSR count). The zero-order valence-electron chi connectivity index (χ0n) is 12.1. The quantitative estimate of drug-likeness (QED) is 0.888.